The van der Waals surface area contributed by atoms with Crippen molar-refractivity contribution in [1.82, 2.24) is 4.98 Å². The van der Waals surface area contributed by atoms with Crippen LogP contribution in [0.2, 0.25) is 0 Å². The van der Waals surface area contributed by atoms with Crippen LogP contribution < -0.4 is 10.1 Å². The minimum Gasteiger partial charge on any atom is -0.491 e. The van der Waals surface area contributed by atoms with E-state index in [9.17, 15) is 14.4 Å². The SMILES string of the molecule is COC(=O)c1ccc(NC(=O)c2cc(COC(C)=O)cc(OC(C)C)c2)nc1. The maximum Gasteiger partial charge on any atom is 0.339 e. The van der Waals surface area contributed by atoms with Crippen LogP contribution in [0.25, 0.3) is 0 Å². The van der Waals surface area contributed by atoms with E-state index < -0.39 is 17.8 Å². The molecule has 0 aliphatic rings. The molecule has 1 aromatic heterocycles. The van der Waals surface area contributed by atoms with Crippen LogP contribution >= 0.6 is 0 Å². The zero-order valence-electron chi connectivity index (χ0n) is 16.1. The van der Waals surface area contributed by atoms with Crippen molar-refractivity contribution in [3.63, 3.8) is 0 Å². The van der Waals surface area contributed by atoms with Gasteiger partial charge in [-0.15, -0.1) is 0 Å². The van der Waals surface area contributed by atoms with Crippen LogP contribution in [0.3, 0.4) is 0 Å². The normalized spacial score (nSPS) is 10.3. The third kappa shape index (κ3) is 6.08. The van der Waals surface area contributed by atoms with Crippen LogP contribution in [0, 0.1) is 0 Å². The summed E-state index contributed by atoms with van der Waals surface area (Å²) >= 11 is 0. The zero-order chi connectivity index (χ0) is 20.7. The third-order valence-electron chi connectivity index (χ3n) is 3.47. The summed E-state index contributed by atoms with van der Waals surface area (Å²) in [5.74, 6) is -0.597. The molecule has 0 bridgehead atoms. The number of carbonyl (C=O) groups excluding carboxylic acids is 3. The molecule has 0 fully saturated rings. The topological polar surface area (TPSA) is 104 Å². The number of anilines is 1. The molecular formula is C20H22N2O6. The van der Waals surface area contributed by atoms with Crippen LogP contribution in [-0.4, -0.2) is 36.0 Å². The average molecular weight is 386 g/mol. The van der Waals surface area contributed by atoms with Gasteiger partial charge in [-0.1, -0.05) is 0 Å². The molecule has 0 unspecified atom stereocenters. The highest BCUT2D eigenvalue weighted by atomic mass is 16.5. The molecule has 2 rings (SSSR count). The molecule has 0 radical (unpaired) electrons. The highest BCUT2D eigenvalue weighted by molar-refractivity contribution is 6.04. The molecule has 0 saturated carbocycles. The minimum atomic E-state index is -0.515. The average Bonchev–Trinajstić information content (AvgIpc) is 2.65. The summed E-state index contributed by atoms with van der Waals surface area (Å²) in [5.41, 5.74) is 1.21. The molecule has 8 nitrogen and oxygen atoms in total. The first-order valence-corrected chi connectivity index (χ1v) is 8.58. The van der Waals surface area contributed by atoms with E-state index in [2.05, 4.69) is 15.0 Å². The van der Waals surface area contributed by atoms with Crippen molar-refractivity contribution in [1.29, 1.82) is 0 Å². The smallest absolute Gasteiger partial charge is 0.339 e. The number of methoxy groups -OCH3 is 1. The van der Waals surface area contributed by atoms with Crippen LogP contribution in [0.5, 0.6) is 5.75 Å². The van der Waals surface area contributed by atoms with E-state index >= 15 is 0 Å². The molecule has 1 aromatic carbocycles. The van der Waals surface area contributed by atoms with E-state index in [0.717, 1.165) is 0 Å². The summed E-state index contributed by atoms with van der Waals surface area (Å²) in [7, 11) is 1.28. The molecule has 0 spiro atoms. The summed E-state index contributed by atoms with van der Waals surface area (Å²) in [6, 6.07) is 7.91. The quantitative estimate of drug-likeness (QED) is 0.730. The predicted octanol–water partition coefficient (Wildman–Crippen LogP) is 2.97. The number of aromatic nitrogens is 1. The maximum absolute atomic E-state index is 12.6. The molecule has 1 heterocycles. The van der Waals surface area contributed by atoms with Gasteiger partial charge in [0.05, 0.1) is 18.8 Å². The minimum absolute atomic E-state index is 0.0248. The number of nitrogens with zero attached hydrogens (tertiary/aromatic N) is 1. The van der Waals surface area contributed by atoms with Crippen molar-refractivity contribution in [3.8, 4) is 5.75 Å². The van der Waals surface area contributed by atoms with Gasteiger partial charge < -0.3 is 19.5 Å². The third-order valence-corrected chi connectivity index (χ3v) is 3.47. The maximum atomic E-state index is 12.6. The van der Waals surface area contributed by atoms with Crippen molar-refractivity contribution in [3.05, 3.63) is 53.2 Å². The molecule has 1 N–H and O–H groups in total. The van der Waals surface area contributed by atoms with Crippen molar-refractivity contribution < 1.29 is 28.6 Å². The first kappa shape index (κ1) is 20.9. The van der Waals surface area contributed by atoms with Crippen molar-refractivity contribution in [2.75, 3.05) is 12.4 Å². The lowest BCUT2D eigenvalue weighted by molar-refractivity contribution is -0.142. The van der Waals surface area contributed by atoms with E-state index in [0.29, 0.717) is 16.9 Å². The number of nitrogens with one attached hydrogen (secondary N) is 1. The van der Waals surface area contributed by atoms with Gasteiger partial charge in [-0.05, 0) is 49.7 Å². The van der Waals surface area contributed by atoms with E-state index in [1.165, 1.54) is 32.4 Å². The number of benzene rings is 1. The summed E-state index contributed by atoms with van der Waals surface area (Å²) < 4.78 is 15.3. The summed E-state index contributed by atoms with van der Waals surface area (Å²) in [6.07, 6.45) is 1.22. The van der Waals surface area contributed by atoms with Gasteiger partial charge in [0.15, 0.2) is 0 Å². The lowest BCUT2D eigenvalue weighted by atomic mass is 10.1. The second kappa shape index (κ2) is 9.50. The van der Waals surface area contributed by atoms with Crippen LogP contribution in [0.15, 0.2) is 36.5 Å². The number of hydrogen-bond acceptors (Lipinski definition) is 7. The monoisotopic (exact) mass is 386 g/mol. The number of hydrogen-bond donors (Lipinski definition) is 1. The second-order valence-corrected chi connectivity index (χ2v) is 6.19. The Labute approximate surface area is 162 Å². The summed E-state index contributed by atoms with van der Waals surface area (Å²) in [4.78, 5) is 39.1. The first-order chi connectivity index (χ1) is 13.3. The van der Waals surface area contributed by atoms with Crippen LogP contribution in [0.4, 0.5) is 5.82 Å². The van der Waals surface area contributed by atoms with E-state index in [4.69, 9.17) is 9.47 Å². The number of esters is 2. The molecule has 28 heavy (non-hydrogen) atoms. The molecule has 0 saturated heterocycles. The Balaban J connectivity index is 2.21. The van der Waals surface area contributed by atoms with Crippen molar-refractivity contribution >= 4 is 23.7 Å². The molecule has 1 amide bonds. The number of carbonyl (C=O) groups is 3. The number of ether oxygens (including phenoxy) is 3. The molecular weight excluding hydrogens is 364 g/mol. The fraction of sp³-hybridized carbons (Fsp3) is 0.300. The predicted molar refractivity (Wildman–Crippen MR) is 101 cm³/mol. The molecule has 0 aliphatic heterocycles. The standard InChI is InChI=1S/C20H22N2O6/c1-12(2)28-17-8-14(11-27-13(3)23)7-16(9-17)19(24)22-18-6-5-15(10-21-18)20(25)26-4/h5-10,12H,11H2,1-4H3,(H,21,22,24). The Bertz CT molecular complexity index is 861. The van der Waals surface area contributed by atoms with Crippen molar-refractivity contribution in [2.45, 2.75) is 33.5 Å². The van der Waals surface area contributed by atoms with Crippen molar-refractivity contribution in [2.24, 2.45) is 0 Å². The largest absolute Gasteiger partial charge is 0.491 e. The summed E-state index contributed by atoms with van der Waals surface area (Å²) in [6.45, 7) is 5.07. The van der Waals surface area contributed by atoms with E-state index in [1.54, 1.807) is 18.2 Å². The van der Waals surface area contributed by atoms with Gasteiger partial charge in [-0.25, -0.2) is 9.78 Å². The fourth-order valence-electron chi connectivity index (χ4n) is 2.30. The first-order valence-electron chi connectivity index (χ1n) is 8.58. The highest BCUT2D eigenvalue weighted by Gasteiger charge is 2.13. The van der Waals surface area contributed by atoms with Gasteiger partial charge in [0.2, 0.25) is 0 Å². The fourth-order valence-corrected chi connectivity index (χ4v) is 2.30. The Morgan fingerprint density at radius 1 is 1.11 bits per heavy atom. The second-order valence-electron chi connectivity index (χ2n) is 6.19. The van der Waals surface area contributed by atoms with Gasteiger partial charge in [-0.2, -0.15) is 0 Å². The van der Waals surface area contributed by atoms with E-state index in [1.807, 2.05) is 13.8 Å². The number of pyridine rings is 1. The molecule has 2 aromatic rings. The Morgan fingerprint density at radius 3 is 2.43 bits per heavy atom. The van der Waals surface area contributed by atoms with Gasteiger partial charge in [0.25, 0.3) is 5.91 Å². The van der Waals surface area contributed by atoms with Gasteiger partial charge in [0, 0.05) is 18.7 Å². The molecule has 148 valence electrons. The Morgan fingerprint density at radius 2 is 1.86 bits per heavy atom. The number of amides is 1. The Hall–Kier alpha value is -3.42. The molecule has 0 aliphatic carbocycles. The van der Waals surface area contributed by atoms with Gasteiger partial charge >= 0.3 is 11.9 Å². The number of rotatable bonds is 7. The Kier molecular flexibility index (Phi) is 7.08. The lowest BCUT2D eigenvalue weighted by Gasteiger charge is -2.13. The highest BCUT2D eigenvalue weighted by Crippen LogP contribution is 2.20. The summed E-state index contributed by atoms with van der Waals surface area (Å²) in [5, 5.41) is 2.65. The van der Waals surface area contributed by atoms with Crippen LogP contribution in [-0.2, 0) is 20.9 Å². The molecule has 8 heteroatoms. The zero-order valence-corrected chi connectivity index (χ0v) is 16.1. The van der Waals surface area contributed by atoms with Gasteiger partial charge in [-0.3, -0.25) is 9.59 Å². The van der Waals surface area contributed by atoms with E-state index in [-0.39, 0.29) is 24.1 Å². The molecule has 0 atom stereocenters. The van der Waals surface area contributed by atoms with Gasteiger partial charge in [0.1, 0.15) is 18.2 Å². The lowest BCUT2D eigenvalue weighted by Crippen LogP contribution is -2.15. The van der Waals surface area contributed by atoms with Crippen LogP contribution in [0.1, 0.15) is 47.1 Å².